The average molecular weight is 369 g/mol. The van der Waals surface area contributed by atoms with Gasteiger partial charge in [-0.15, -0.1) is 31.4 Å². The molecule has 19 heavy (non-hydrogen) atoms. The first-order valence-electron chi connectivity index (χ1n) is 5.98. The van der Waals surface area contributed by atoms with E-state index in [1.54, 1.807) is 0 Å². The molecule has 0 unspecified atom stereocenters. The van der Waals surface area contributed by atoms with Crippen molar-refractivity contribution in [2.45, 2.75) is 12.5 Å². The fourth-order valence-electron chi connectivity index (χ4n) is 2.19. The SMILES string of the molecule is C=CC[C@@H](c1ccc(Br)cn1)N1CCNCC1.Cl.Cl. The summed E-state index contributed by atoms with van der Waals surface area (Å²) in [6.07, 6.45) is 4.80. The van der Waals surface area contributed by atoms with E-state index < -0.39 is 0 Å². The van der Waals surface area contributed by atoms with Crippen LogP contribution in [0.3, 0.4) is 0 Å². The Balaban J connectivity index is 0.00000162. The molecule has 3 nitrogen and oxygen atoms in total. The van der Waals surface area contributed by atoms with Crippen molar-refractivity contribution in [2.75, 3.05) is 26.2 Å². The van der Waals surface area contributed by atoms with Crippen LogP contribution in [0, 0.1) is 0 Å². The molecule has 108 valence electrons. The molecule has 1 fully saturated rings. The van der Waals surface area contributed by atoms with Gasteiger partial charge in [0.05, 0.1) is 11.7 Å². The first kappa shape index (κ1) is 18.9. The maximum Gasteiger partial charge on any atom is 0.0579 e. The molecule has 6 heteroatoms. The predicted octanol–water partition coefficient (Wildman–Crippen LogP) is 3.21. The van der Waals surface area contributed by atoms with Gasteiger partial charge >= 0.3 is 0 Å². The van der Waals surface area contributed by atoms with Gasteiger partial charge in [0.2, 0.25) is 0 Å². The van der Waals surface area contributed by atoms with E-state index in [2.05, 4.69) is 49.8 Å². The van der Waals surface area contributed by atoms with Gasteiger partial charge in [0.15, 0.2) is 0 Å². The van der Waals surface area contributed by atoms with E-state index in [9.17, 15) is 0 Å². The van der Waals surface area contributed by atoms with E-state index in [-0.39, 0.29) is 24.8 Å². The zero-order valence-corrected chi connectivity index (χ0v) is 13.9. The summed E-state index contributed by atoms with van der Waals surface area (Å²) in [6.45, 7) is 8.14. The number of rotatable bonds is 4. The summed E-state index contributed by atoms with van der Waals surface area (Å²) >= 11 is 3.42. The molecule has 1 aliphatic heterocycles. The number of pyridine rings is 1. The topological polar surface area (TPSA) is 28.2 Å². The Kier molecular flexibility index (Phi) is 9.66. The lowest BCUT2D eigenvalue weighted by molar-refractivity contribution is 0.171. The molecule has 1 N–H and O–H groups in total. The molecular weight excluding hydrogens is 349 g/mol. The number of nitrogens with zero attached hydrogens (tertiary/aromatic N) is 2. The van der Waals surface area contributed by atoms with Gasteiger partial charge in [0.25, 0.3) is 0 Å². The second kappa shape index (κ2) is 9.72. The molecule has 1 aliphatic rings. The minimum atomic E-state index is 0. The molecule has 2 heterocycles. The lowest BCUT2D eigenvalue weighted by Crippen LogP contribution is -2.45. The average Bonchev–Trinajstić information content (AvgIpc) is 2.38. The van der Waals surface area contributed by atoms with Crippen molar-refractivity contribution >= 4 is 40.7 Å². The van der Waals surface area contributed by atoms with Crippen molar-refractivity contribution in [3.05, 3.63) is 41.2 Å². The first-order chi connectivity index (χ1) is 8.31. The second-order valence-electron chi connectivity index (χ2n) is 4.23. The number of hydrogen-bond acceptors (Lipinski definition) is 3. The fourth-order valence-corrected chi connectivity index (χ4v) is 2.43. The number of piperazine rings is 1. The lowest BCUT2D eigenvalue weighted by atomic mass is 10.1. The van der Waals surface area contributed by atoms with Crippen LogP contribution in [0.4, 0.5) is 0 Å². The Labute approximate surface area is 135 Å². The summed E-state index contributed by atoms with van der Waals surface area (Å²) in [7, 11) is 0. The molecule has 0 spiro atoms. The van der Waals surface area contributed by atoms with E-state index in [0.717, 1.165) is 42.8 Å². The maximum absolute atomic E-state index is 4.52. The normalized spacial score (nSPS) is 16.9. The minimum Gasteiger partial charge on any atom is -0.314 e. The molecule has 0 radical (unpaired) electrons. The van der Waals surface area contributed by atoms with Gasteiger partial charge in [0.1, 0.15) is 0 Å². The van der Waals surface area contributed by atoms with E-state index in [1.807, 2.05) is 12.3 Å². The molecule has 0 saturated carbocycles. The smallest absolute Gasteiger partial charge is 0.0579 e. The largest absolute Gasteiger partial charge is 0.314 e. The number of aromatic nitrogens is 1. The highest BCUT2D eigenvalue weighted by molar-refractivity contribution is 9.10. The standard InChI is InChI=1S/C13H18BrN3.2ClH/c1-2-3-13(17-8-6-15-7-9-17)12-5-4-11(14)10-16-12;;/h2,4-5,10,13,15H,1,3,6-9H2;2*1H/t13-;;/m0../s1. The van der Waals surface area contributed by atoms with Gasteiger partial charge < -0.3 is 5.32 Å². The Morgan fingerprint density at radius 1 is 1.37 bits per heavy atom. The highest BCUT2D eigenvalue weighted by atomic mass is 79.9. The summed E-state index contributed by atoms with van der Waals surface area (Å²) in [5, 5.41) is 3.38. The molecule has 0 aromatic carbocycles. The highest BCUT2D eigenvalue weighted by Crippen LogP contribution is 2.24. The first-order valence-corrected chi connectivity index (χ1v) is 6.77. The summed E-state index contributed by atoms with van der Waals surface area (Å²) < 4.78 is 1.03. The predicted molar refractivity (Wildman–Crippen MR) is 88.4 cm³/mol. The van der Waals surface area contributed by atoms with Crippen molar-refractivity contribution in [3.8, 4) is 0 Å². The minimum absolute atomic E-state index is 0. The van der Waals surface area contributed by atoms with E-state index >= 15 is 0 Å². The van der Waals surface area contributed by atoms with Crippen LogP contribution in [0.5, 0.6) is 0 Å². The van der Waals surface area contributed by atoms with Crippen LogP contribution in [0.25, 0.3) is 0 Å². The summed E-state index contributed by atoms with van der Waals surface area (Å²) in [6, 6.07) is 4.52. The molecular formula is C13H20BrCl2N3. The van der Waals surface area contributed by atoms with Crippen LogP contribution in [-0.2, 0) is 0 Å². The Morgan fingerprint density at radius 2 is 2.05 bits per heavy atom. The van der Waals surface area contributed by atoms with Crippen LogP contribution < -0.4 is 5.32 Å². The van der Waals surface area contributed by atoms with Crippen molar-refractivity contribution in [2.24, 2.45) is 0 Å². The van der Waals surface area contributed by atoms with Gasteiger partial charge in [-0.3, -0.25) is 9.88 Å². The van der Waals surface area contributed by atoms with Crippen LogP contribution in [0.15, 0.2) is 35.5 Å². The van der Waals surface area contributed by atoms with E-state index in [4.69, 9.17) is 0 Å². The molecule has 1 saturated heterocycles. The monoisotopic (exact) mass is 367 g/mol. The Morgan fingerprint density at radius 3 is 2.58 bits per heavy atom. The number of halogens is 3. The summed E-state index contributed by atoms with van der Waals surface area (Å²) in [5.41, 5.74) is 1.13. The molecule has 0 aliphatic carbocycles. The third-order valence-corrected chi connectivity index (χ3v) is 3.54. The zero-order valence-electron chi connectivity index (χ0n) is 10.7. The lowest BCUT2D eigenvalue weighted by Gasteiger charge is -2.34. The second-order valence-corrected chi connectivity index (χ2v) is 5.14. The van der Waals surface area contributed by atoms with Gasteiger partial charge in [0, 0.05) is 36.8 Å². The zero-order chi connectivity index (χ0) is 12.1. The third-order valence-electron chi connectivity index (χ3n) is 3.07. The van der Waals surface area contributed by atoms with Crippen LogP contribution in [0.2, 0.25) is 0 Å². The maximum atomic E-state index is 4.52. The molecule has 1 atom stereocenters. The molecule has 0 bridgehead atoms. The quantitative estimate of drug-likeness (QED) is 0.827. The highest BCUT2D eigenvalue weighted by Gasteiger charge is 2.21. The van der Waals surface area contributed by atoms with Crippen molar-refractivity contribution in [1.82, 2.24) is 15.2 Å². The summed E-state index contributed by atoms with van der Waals surface area (Å²) in [5.74, 6) is 0. The van der Waals surface area contributed by atoms with Crippen LogP contribution >= 0.6 is 40.7 Å². The van der Waals surface area contributed by atoms with Gasteiger partial charge in [-0.2, -0.15) is 0 Å². The van der Waals surface area contributed by atoms with E-state index in [0.29, 0.717) is 6.04 Å². The van der Waals surface area contributed by atoms with Crippen LogP contribution in [0.1, 0.15) is 18.2 Å². The van der Waals surface area contributed by atoms with Crippen molar-refractivity contribution < 1.29 is 0 Å². The van der Waals surface area contributed by atoms with Crippen LogP contribution in [-0.4, -0.2) is 36.1 Å². The van der Waals surface area contributed by atoms with Crippen molar-refractivity contribution in [3.63, 3.8) is 0 Å². The Hall–Kier alpha value is -0.130. The molecule has 1 aromatic rings. The summed E-state index contributed by atoms with van der Waals surface area (Å²) in [4.78, 5) is 7.00. The molecule has 1 aromatic heterocycles. The van der Waals surface area contributed by atoms with Crippen molar-refractivity contribution in [1.29, 1.82) is 0 Å². The molecule has 0 amide bonds. The van der Waals surface area contributed by atoms with Gasteiger partial charge in [-0.25, -0.2) is 0 Å². The Bertz CT molecular complexity index is 367. The third kappa shape index (κ3) is 5.40. The van der Waals surface area contributed by atoms with E-state index in [1.165, 1.54) is 0 Å². The molecule has 2 rings (SSSR count). The van der Waals surface area contributed by atoms with Gasteiger partial charge in [-0.1, -0.05) is 6.08 Å². The number of nitrogens with one attached hydrogen (secondary N) is 1. The fraction of sp³-hybridized carbons (Fsp3) is 0.462. The van der Waals surface area contributed by atoms with Gasteiger partial charge in [-0.05, 0) is 34.5 Å². The number of hydrogen-bond donors (Lipinski definition) is 1.